The van der Waals surface area contributed by atoms with E-state index in [0.29, 0.717) is 13.2 Å². The summed E-state index contributed by atoms with van der Waals surface area (Å²) < 4.78 is 30.9. The normalized spacial score (nSPS) is 38.7. The van der Waals surface area contributed by atoms with Gasteiger partial charge in [0.15, 0.2) is 0 Å². The molecule has 0 saturated carbocycles. The molecule has 0 spiro atoms. The minimum Gasteiger partial charge on any atom is -0.376 e. The molecule has 130 valence electrons. The van der Waals surface area contributed by atoms with E-state index in [-0.39, 0.29) is 30.1 Å². The van der Waals surface area contributed by atoms with Crippen molar-refractivity contribution in [2.45, 2.75) is 70.3 Å². The summed E-state index contributed by atoms with van der Waals surface area (Å²) in [5, 5.41) is 1.77. The molecule has 5 atom stereocenters. The minimum atomic E-state index is -2.74. The van der Waals surface area contributed by atoms with Crippen LogP contribution < -0.4 is 0 Å². The summed E-state index contributed by atoms with van der Waals surface area (Å²) in [6.45, 7) is 12.4. The van der Waals surface area contributed by atoms with Crippen LogP contribution in [-0.2, 0) is 23.4 Å². The van der Waals surface area contributed by atoms with E-state index in [1.165, 1.54) is 0 Å². The van der Waals surface area contributed by atoms with Crippen molar-refractivity contribution in [3.05, 3.63) is 0 Å². The third-order valence-corrected chi connectivity index (χ3v) is 6.94. The van der Waals surface area contributed by atoms with Crippen molar-refractivity contribution in [3.63, 3.8) is 0 Å². The van der Waals surface area contributed by atoms with E-state index >= 15 is 0 Å². The molecule has 2 bridgehead atoms. The lowest BCUT2D eigenvalue weighted by Gasteiger charge is -2.43. The Morgan fingerprint density at radius 3 is 2.55 bits per heavy atom. The molecule has 22 heavy (non-hydrogen) atoms. The molecule has 0 aliphatic carbocycles. The van der Waals surface area contributed by atoms with Gasteiger partial charge in [0, 0.05) is 19.4 Å². The number of ether oxygens (including phenoxy) is 2. The van der Waals surface area contributed by atoms with Crippen molar-refractivity contribution >= 4 is 7.37 Å². The first kappa shape index (κ1) is 18.4. The highest BCUT2D eigenvalue weighted by atomic mass is 31.2. The maximum Gasteiger partial charge on any atom is 0.203 e. The van der Waals surface area contributed by atoms with Crippen LogP contribution in [0.15, 0.2) is 0 Å². The Labute approximate surface area is 133 Å². The van der Waals surface area contributed by atoms with Gasteiger partial charge in [-0.05, 0) is 20.8 Å². The zero-order valence-corrected chi connectivity index (χ0v) is 15.6. The SMILES string of the molecule is CC(C)OC[C@]12CN(C)O[C@@H](C1OP(C)(=O)C(C)C)[C@H](C)O2. The molecule has 2 saturated heterocycles. The number of nitrogens with zero attached hydrogens (tertiary/aromatic N) is 1. The fourth-order valence-corrected chi connectivity index (χ4v) is 3.92. The Bertz CT molecular complexity index is 440. The smallest absolute Gasteiger partial charge is 0.203 e. The molecule has 2 heterocycles. The highest BCUT2D eigenvalue weighted by Crippen LogP contribution is 2.54. The Hall–Kier alpha value is 0.0300. The first-order valence-electron chi connectivity index (χ1n) is 8.00. The molecule has 2 unspecified atom stereocenters. The van der Waals surface area contributed by atoms with Crippen LogP contribution in [0.25, 0.3) is 0 Å². The second-order valence-electron chi connectivity index (χ2n) is 7.13. The number of fused-ring (bicyclic) bond motifs is 2. The zero-order valence-electron chi connectivity index (χ0n) is 14.7. The molecule has 0 aromatic rings. The monoisotopic (exact) mass is 335 g/mol. The predicted octanol–water partition coefficient (Wildman–Crippen LogP) is 2.52. The van der Waals surface area contributed by atoms with Crippen LogP contribution in [0.4, 0.5) is 0 Å². The van der Waals surface area contributed by atoms with Crippen molar-refractivity contribution in [2.24, 2.45) is 0 Å². The number of likely N-dealkylation sites (N-methyl/N-ethyl adjacent to an activating group) is 1. The van der Waals surface area contributed by atoms with Gasteiger partial charge in [-0.15, -0.1) is 0 Å². The Morgan fingerprint density at radius 1 is 1.36 bits per heavy atom. The molecule has 2 rings (SSSR count). The number of hydrogen-bond acceptors (Lipinski definition) is 6. The van der Waals surface area contributed by atoms with Gasteiger partial charge in [0.05, 0.1) is 25.4 Å². The molecule has 0 radical (unpaired) electrons. The largest absolute Gasteiger partial charge is 0.376 e. The molecule has 0 N–H and O–H groups in total. The van der Waals surface area contributed by atoms with Crippen molar-refractivity contribution < 1.29 is 23.4 Å². The van der Waals surface area contributed by atoms with E-state index in [1.807, 2.05) is 41.7 Å². The van der Waals surface area contributed by atoms with E-state index in [2.05, 4.69) is 0 Å². The summed E-state index contributed by atoms with van der Waals surface area (Å²) in [5.74, 6) is 0. The van der Waals surface area contributed by atoms with Gasteiger partial charge in [-0.3, -0.25) is 9.40 Å². The maximum absolute atomic E-state index is 12.8. The average Bonchev–Trinajstić information content (AvgIpc) is 2.53. The van der Waals surface area contributed by atoms with Gasteiger partial charge < -0.3 is 14.0 Å². The molecule has 2 fully saturated rings. The molecule has 0 amide bonds. The number of hydrogen-bond donors (Lipinski definition) is 0. The molecular formula is C15H30NO5P. The molecular weight excluding hydrogens is 305 g/mol. The minimum absolute atomic E-state index is 0.0371. The summed E-state index contributed by atoms with van der Waals surface area (Å²) in [5.41, 5.74) is -0.674. The fraction of sp³-hybridized carbons (Fsp3) is 1.00. The standard InChI is InChI=1S/C15H30NO5P/c1-10(2)18-9-15-8-16(6)20-13(12(5)19-15)14(15)21-22(7,17)11(3)4/h10-14H,8-9H2,1-7H3/t12-,13+,14?,15+,22?/m0/s1. The van der Waals surface area contributed by atoms with Crippen LogP contribution in [0.2, 0.25) is 0 Å². The molecule has 2 aliphatic rings. The Balaban J connectivity index is 2.26. The molecule has 7 heteroatoms. The van der Waals surface area contributed by atoms with E-state index in [4.69, 9.17) is 18.8 Å². The summed E-state index contributed by atoms with van der Waals surface area (Å²) in [7, 11) is -0.860. The number of hydroxylamine groups is 2. The highest BCUT2D eigenvalue weighted by Gasteiger charge is 2.61. The van der Waals surface area contributed by atoms with Crippen molar-refractivity contribution in [1.82, 2.24) is 5.06 Å². The van der Waals surface area contributed by atoms with Crippen LogP contribution >= 0.6 is 7.37 Å². The van der Waals surface area contributed by atoms with Crippen LogP contribution in [0.5, 0.6) is 0 Å². The van der Waals surface area contributed by atoms with Gasteiger partial charge in [0.2, 0.25) is 7.37 Å². The molecule has 0 aromatic carbocycles. The second-order valence-corrected chi connectivity index (χ2v) is 10.2. The highest BCUT2D eigenvalue weighted by molar-refractivity contribution is 7.58. The van der Waals surface area contributed by atoms with Crippen molar-refractivity contribution in [3.8, 4) is 0 Å². The van der Waals surface area contributed by atoms with Crippen LogP contribution in [0.1, 0.15) is 34.6 Å². The molecule has 6 nitrogen and oxygen atoms in total. The van der Waals surface area contributed by atoms with Crippen LogP contribution in [0, 0.1) is 0 Å². The third-order valence-electron chi connectivity index (χ3n) is 4.41. The van der Waals surface area contributed by atoms with Crippen LogP contribution in [0.3, 0.4) is 0 Å². The number of rotatable bonds is 6. The summed E-state index contributed by atoms with van der Waals surface area (Å²) in [6.07, 6.45) is -0.672. The first-order valence-corrected chi connectivity index (χ1v) is 10.1. The predicted molar refractivity (Wildman–Crippen MR) is 85.4 cm³/mol. The summed E-state index contributed by atoms with van der Waals surface area (Å²) in [6, 6.07) is 0. The average molecular weight is 335 g/mol. The van der Waals surface area contributed by atoms with Crippen molar-refractivity contribution in [1.29, 1.82) is 0 Å². The summed E-state index contributed by atoms with van der Waals surface area (Å²) in [4.78, 5) is 5.87. The van der Waals surface area contributed by atoms with Crippen molar-refractivity contribution in [2.75, 3.05) is 26.9 Å². The van der Waals surface area contributed by atoms with E-state index in [9.17, 15) is 4.57 Å². The lowest BCUT2D eigenvalue weighted by atomic mass is 9.94. The van der Waals surface area contributed by atoms with E-state index in [0.717, 1.165) is 0 Å². The fourth-order valence-electron chi connectivity index (χ4n) is 2.91. The topological polar surface area (TPSA) is 57.2 Å². The van der Waals surface area contributed by atoms with Gasteiger partial charge in [0.1, 0.15) is 17.8 Å². The third kappa shape index (κ3) is 3.58. The molecule has 0 aromatic heterocycles. The Kier molecular flexibility index (Phi) is 5.43. The second kappa shape index (κ2) is 6.50. The van der Waals surface area contributed by atoms with Gasteiger partial charge in [0.25, 0.3) is 0 Å². The van der Waals surface area contributed by atoms with Gasteiger partial charge in [-0.25, -0.2) is 0 Å². The quantitative estimate of drug-likeness (QED) is 0.695. The van der Waals surface area contributed by atoms with Gasteiger partial charge >= 0.3 is 0 Å². The lowest BCUT2D eigenvalue weighted by Crippen LogP contribution is -2.60. The first-order chi connectivity index (χ1) is 10.1. The zero-order chi connectivity index (χ0) is 16.7. The lowest BCUT2D eigenvalue weighted by molar-refractivity contribution is -0.254. The molecule has 2 aliphatic heterocycles. The van der Waals surface area contributed by atoms with Gasteiger partial charge in [-0.2, -0.15) is 5.06 Å². The van der Waals surface area contributed by atoms with Gasteiger partial charge in [-0.1, -0.05) is 13.8 Å². The van der Waals surface area contributed by atoms with E-state index < -0.39 is 13.0 Å². The summed E-state index contributed by atoms with van der Waals surface area (Å²) >= 11 is 0. The van der Waals surface area contributed by atoms with E-state index in [1.54, 1.807) is 11.7 Å². The van der Waals surface area contributed by atoms with Crippen LogP contribution in [-0.4, -0.2) is 67.6 Å². The Morgan fingerprint density at radius 2 is 2.00 bits per heavy atom. The maximum atomic E-state index is 12.8.